The van der Waals surface area contributed by atoms with E-state index >= 15 is 0 Å². The molecule has 5 heteroatoms. The van der Waals surface area contributed by atoms with Crippen molar-refractivity contribution >= 4 is 15.7 Å². The topological polar surface area (TPSA) is 54.5 Å². The maximum Gasteiger partial charge on any atom is 0.237 e. The van der Waals surface area contributed by atoms with Crippen LogP contribution >= 0.6 is 0 Å². The average molecular weight is 287 g/mol. The molecule has 0 radical (unpaired) electrons. The van der Waals surface area contributed by atoms with E-state index < -0.39 is 9.84 Å². The second-order valence-corrected chi connectivity index (χ2v) is 9.55. The van der Waals surface area contributed by atoms with E-state index in [1.54, 1.807) is 4.90 Å². The van der Waals surface area contributed by atoms with Gasteiger partial charge in [-0.3, -0.25) is 4.79 Å². The van der Waals surface area contributed by atoms with Gasteiger partial charge in [-0.05, 0) is 37.0 Å². The zero-order valence-corrected chi connectivity index (χ0v) is 13.0. The molecule has 1 aliphatic heterocycles. The largest absolute Gasteiger partial charge is 0.342 e. The van der Waals surface area contributed by atoms with Crippen LogP contribution in [0.5, 0.6) is 0 Å². The highest BCUT2D eigenvalue weighted by molar-refractivity contribution is 7.93. The Morgan fingerprint density at radius 1 is 1.21 bits per heavy atom. The normalized spacial score (nSPS) is 24.8. The molecule has 4 nitrogen and oxygen atoms in total. The minimum Gasteiger partial charge on any atom is -0.342 e. The average Bonchev–Trinajstić information content (AvgIpc) is 2.99. The Hall–Kier alpha value is -0.580. The fourth-order valence-electron chi connectivity index (χ4n) is 2.90. The standard InChI is InChI=1S/C14H25NO3S/c1-14(2,3)8-11-6-7-15(9-11)13(16)10-19(17,18)12-4-5-12/h11-12H,4-10H2,1-3H3/t11-/m1/s1. The molecule has 1 amide bonds. The van der Waals surface area contributed by atoms with Gasteiger partial charge < -0.3 is 4.90 Å². The number of carbonyl (C=O) groups excluding carboxylic acids is 1. The molecule has 0 aromatic heterocycles. The minimum absolute atomic E-state index is 0.191. The molecule has 0 unspecified atom stereocenters. The molecule has 2 fully saturated rings. The summed E-state index contributed by atoms with van der Waals surface area (Å²) in [5, 5.41) is -0.232. The quantitative estimate of drug-likeness (QED) is 0.793. The van der Waals surface area contributed by atoms with Crippen molar-refractivity contribution in [3.8, 4) is 0 Å². The van der Waals surface area contributed by atoms with Gasteiger partial charge >= 0.3 is 0 Å². The van der Waals surface area contributed by atoms with Gasteiger partial charge in [0.15, 0.2) is 9.84 Å². The van der Waals surface area contributed by atoms with Crippen LogP contribution in [0.2, 0.25) is 0 Å². The SMILES string of the molecule is CC(C)(C)C[C@H]1CCN(C(=O)CS(=O)(=O)C2CC2)C1. The lowest BCUT2D eigenvalue weighted by atomic mass is 9.84. The third kappa shape index (κ3) is 4.20. The number of likely N-dealkylation sites (tertiary alicyclic amines) is 1. The summed E-state index contributed by atoms with van der Waals surface area (Å²) in [4.78, 5) is 13.8. The van der Waals surface area contributed by atoms with Gasteiger partial charge in [-0.1, -0.05) is 20.8 Å². The van der Waals surface area contributed by atoms with Gasteiger partial charge in [-0.15, -0.1) is 0 Å². The number of amides is 1. The highest BCUT2D eigenvalue weighted by Crippen LogP contribution is 2.32. The summed E-state index contributed by atoms with van der Waals surface area (Å²) in [6.07, 6.45) is 3.57. The predicted octanol–water partition coefficient (Wildman–Crippen LogP) is 1.85. The van der Waals surface area contributed by atoms with Crippen molar-refractivity contribution in [2.75, 3.05) is 18.8 Å². The number of hydrogen-bond donors (Lipinski definition) is 0. The Balaban J connectivity index is 1.85. The van der Waals surface area contributed by atoms with Gasteiger partial charge in [0.1, 0.15) is 5.75 Å². The lowest BCUT2D eigenvalue weighted by molar-refractivity contribution is -0.127. The third-order valence-corrected chi connectivity index (χ3v) is 6.03. The molecule has 2 aliphatic rings. The summed E-state index contributed by atoms with van der Waals surface area (Å²) in [6.45, 7) is 8.06. The highest BCUT2D eigenvalue weighted by Gasteiger charge is 2.39. The van der Waals surface area contributed by atoms with E-state index in [-0.39, 0.29) is 22.3 Å². The first-order valence-corrected chi connectivity index (χ1v) is 8.88. The van der Waals surface area contributed by atoms with Crippen LogP contribution in [-0.2, 0) is 14.6 Å². The highest BCUT2D eigenvalue weighted by atomic mass is 32.2. The first-order valence-electron chi connectivity index (χ1n) is 7.17. The molecule has 1 atom stereocenters. The molecule has 0 aromatic carbocycles. The molecule has 0 bridgehead atoms. The Morgan fingerprint density at radius 3 is 2.37 bits per heavy atom. The molecule has 1 saturated heterocycles. The lowest BCUT2D eigenvalue weighted by Gasteiger charge is -2.23. The zero-order valence-electron chi connectivity index (χ0n) is 12.2. The van der Waals surface area contributed by atoms with Gasteiger partial charge in [0.2, 0.25) is 5.91 Å². The fraction of sp³-hybridized carbons (Fsp3) is 0.929. The summed E-state index contributed by atoms with van der Waals surface area (Å²) in [5.41, 5.74) is 0.268. The molecular formula is C14H25NO3S. The predicted molar refractivity (Wildman–Crippen MR) is 75.6 cm³/mol. The number of nitrogens with zero attached hydrogens (tertiary/aromatic N) is 1. The van der Waals surface area contributed by atoms with E-state index in [4.69, 9.17) is 0 Å². The fourth-order valence-corrected chi connectivity index (χ4v) is 4.52. The van der Waals surface area contributed by atoms with Crippen LogP contribution in [0.4, 0.5) is 0 Å². The maximum absolute atomic E-state index is 12.1. The summed E-state index contributed by atoms with van der Waals surface area (Å²) in [7, 11) is -3.17. The lowest BCUT2D eigenvalue weighted by Crippen LogP contribution is -2.35. The summed E-state index contributed by atoms with van der Waals surface area (Å²) in [5.74, 6) is 0.0517. The zero-order chi connectivity index (χ0) is 14.3. The smallest absolute Gasteiger partial charge is 0.237 e. The van der Waals surface area contributed by atoms with Crippen molar-refractivity contribution < 1.29 is 13.2 Å². The Labute approximate surface area is 116 Å². The van der Waals surface area contributed by atoms with E-state index in [2.05, 4.69) is 20.8 Å². The van der Waals surface area contributed by atoms with Gasteiger partial charge in [0.25, 0.3) is 0 Å². The molecule has 1 heterocycles. The number of carbonyl (C=O) groups is 1. The molecule has 2 rings (SSSR count). The molecule has 0 N–H and O–H groups in total. The van der Waals surface area contributed by atoms with Gasteiger partial charge in [0.05, 0.1) is 5.25 Å². The summed E-state index contributed by atoms with van der Waals surface area (Å²) >= 11 is 0. The molecule has 110 valence electrons. The van der Waals surface area contributed by atoms with Gasteiger partial charge in [0, 0.05) is 13.1 Å². The van der Waals surface area contributed by atoms with Crippen LogP contribution in [0.25, 0.3) is 0 Å². The van der Waals surface area contributed by atoms with Gasteiger partial charge in [-0.2, -0.15) is 0 Å². The Bertz CT molecular complexity index is 446. The van der Waals surface area contributed by atoms with Crippen LogP contribution in [-0.4, -0.2) is 43.3 Å². The summed E-state index contributed by atoms with van der Waals surface area (Å²) in [6, 6.07) is 0. The van der Waals surface area contributed by atoms with E-state index in [0.29, 0.717) is 5.92 Å². The molecule has 0 aromatic rings. The van der Waals surface area contributed by atoms with Crippen molar-refractivity contribution in [2.24, 2.45) is 11.3 Å². The monoisotopic (exact) mass is 287 g/mol. The van der Waals surface area contributed by atoms with Crippen molar-refractivity contribution in [3.05, 3.63) is 0 Å². The van der Waals surface area contributed by atoms with E-state index in [1.807, 2.05) is 0 Å². The number of sulfone groups is 1. The van der Waals surface area contributed by atoms with E-state index in [0.717, 1.165) is 38.8 Å². The Morgan fingerprint density at radius 2 is 1.84 bits per heavy atom. The molecule has 19 heavy (non-hydrogen) atoms. The molecule has 0 spiro atoms. The van der Waals surface area contributed by atoms with Crippen molar-refractivity contribution in [2.45, 2.75) is 51.7 Å². The molecular weight excluding hydrogens is 262 g/mol. The molecule has 1 aliphatic carbocycles. The van der Waals surface area contributed by atoms with Gasteiger partial charge in [-0.25, -0.2) is 8.42 Å². The van der Waals surface area contributed by atoms with Crippen molar-refractivity contribution in [1.29, 1.82) is 0 Å². The minimum atomic E-state index is -3.17. The first-order chi connectivity index (χ1) is 8.67. The molecule has 1 saturated carbocycles. The Kier molecular flexibility index (Phi) is 3.96. The van der Waals surface area contributed by atoms with Crippen LogP contribution < -0.4 is 0 Å². The first kappa shape index (κ1) is 14.8. The van der Waals surface area contributed by atoms with Crippen LogP contribution in [0.1, 0.15) is 46.5 Å². The van der Waals surface area contributed by atoms with Crippen LogP contribution in [0, 0.1) is 11.3 Å². The second-order valence-electron chi connectivity index (χ2n) is 7.27. The van der Waals surface area contributed by atoms with Crippen molar-refractivity contribution in [1.82, 2.24) is 4.90 Å². The van der Waals surface area contributed by atoms with E-state index in [9.17, 15) is 13.2 Å². The third-order valence-electron chi connectivity index (χ3n) is 3.90. The number of rotatable bonds is 4. The maximum atomic E-state index is 12.1. The number of hydrogen-bond acceptors (Lipinski definition) is 3. The van der Waals surface area contributed by atoms with Crippen molar-refractivity contribution in [3.63, 3.8) is 0 Å². The van der Waals surface area contributed by atoms with E-state index in [1.165, 1.54) is 0 Å². The van der Waals surface area contributed by atoms with Crippen LogP contribution in [0.3, 0.4) is 0 Å². The summed E-state index contributed by atoms with van der Waals surface area (Å²) < 4.78 is 23.6. The second kappa shape index (κ2) is 5.08. The van der Waals surface area contributed by atoms with Crippen LogP contribution in [0.15, 0.2) is 0 Å².